The number of aryl methyl sites for hydroxylation is 1. The Bertz CT molecular complexity index is 1080. The molecule has 0 bridgehead atoms. The van der Waals surface area contributed by atoms with Crippen molar-refractivity contribution in [2.75, 3.05) is 20.4 Å². The van der Waals surface area contributed by atoms with E-state index in [4.69, 9.17) is 9.47 Å². The second kappa shape index (κ2) is 11.5. The second-order valence-corrected chi connectivity index (χ2v) is 12.9. The van der Waals surface area contributed by atoms with Crippen molar-refractivity contribution >= 4 is 18.2 Å². The Morgan fingerprint density at radius 1 is 0.943 bits per heavy atom. The maximum absolute atomic E-state index is 14.7. The highest BCUT2D eigenvalue weighted by Gasteiger charge is 2.45. The molecule has 0 heterocycles. The molecule has 7 nitrogen and oxygen atoms in total. The third kappa shape index (κ3) is 6.40. The normalized spacial score (nSPS) is 14.2. The van der Waals surface area contributed by atoms with Crippen LogP contribution in [-0.4, -0.2) is 41.6 Å². The van der Waals surface area contributed by atoms with Crippen molar-refractivity contribution in [1.29, 1.82) is 0 Å². The Morgan fingerprint density at radius 3 is 1.97 bits per heavy atom. The number of rotatable bonds is 11. The molecule has 192 valence electrons. The summed E-state index contributed by atoms with van der Waals surface area (Å²) in [5, 5.41) is 19.9. The number of carbonyl (C=O) groups is 2. The first-order valence-electron chi connectivity index (χ1n) is 11.6. The van der Waals surface area contributed by atoms with Crippen LogP contribution in [0.3, 0.4) is 0 Å². The average Bonchev–Trinajstić information content (AvgIpc) is 2.80. The molecule has 0 spiro atoms. The van der Waals surface area contributed by atoms with E-state index < -0.39 is 31.4 Å². The molecule has 0 aliphatic carbocycles. The van der Waals surface area contributed by atoms with E-state index >= 15 is 0 Å². The number of hydrogen-bond donors (Lipinski definition) is 2. The summed E-state index contributed by atoms with van der Waals surface area (Å²) < 4.78 is 25.5. The van der Waals surface area contributed by atoms with Crippen molar-refractivity contribution in [1.82, 2.24) is 0 Å². The zero-order chi connectivity index (χ0) is 26.6. The molecular weight excluding hydrogens is 467 g/mol. The smallest absolute Gasteiger partial charge is 0.233 e. The minimum absolute atomic E-state index is 0.0549. The summed E-state index contributed by atoms with van der Waals surface area (Å²) in [5.41, 5.74) is -0.744. The molecule has 35 heavy (non-hydrogen) atoms. The Morgan fingerprint density at radius 2 is 1.49 bits per heavy atom. The third-order valence-corrected chi connectivity index (χ3v) is 8.73. The van der Waals surface area contributed by atoms with E-state index in [0.717, 1.165) is 5.56 Å². The summed E-state index contributed by atoms with van der Waals surface area (Å²) in [6.45, 7) is 8.79. The Balaban J connectivity index is 2.80. The molecule has 0 aliphatic heterocycles. The lowest BCUT2D eigenvalue weighted by Gasteiger charge is -2.27. The minimum atomic E-state index is -4.32. The van der Waals surface area contributed by atoms with Crippen LogP contribution in [0.5, 0.6) is 11.5 Å². The molecule has 0 saturated carbocycles. The number of methoxy groups -OCH3 is 2. The van der Waals surface area contributed by atoms with Crippen LogP contribution in [0.15, 0.2) is 30.3 Å². The lowest BCUT2D eigenvalue weighted by atomic mass is 9.86. The van der Waals surface area contributed by atoms with E-state index in [1.54, 1.807) is 25.1 Å². The second-order valence-electron chi connectivity index (χ2n) is 10.2. The van der Waals surface area contributed by atoms with E-state index in [1.165, 1.54) is 26.4 Å². The van der Waals surface area contributed by atoms with Crippen LogP contribution < -0.4 is 9.47 Å². The lowest BCUT2D eigenvalue weighted by Crippen LogP contribution is -2.22. The SMILES string of the molecule is COc1cccc(CO)c1C(=O)P(=O)(CC(C)CC(C)(C)C)C(=O)c1c(CO)cc(C)cc1OC. The van der Waals surface area contributed by atoms with Crippen molar-refractivity contribution < 1.29 is 33.8 Å². The summed E-state index contributed by atoms with van der Waals surface area (Å²) >= 11 is 0. The molecule has 0 radical (unpaired) electrons. The summed E-state index contributed by atoms with van der Waals surface area (Å²) in [6, 6.07) is 7.91. The van der Waals surface area contributed by atoms with Gasteiger partial charge in [0.2, 0.25) is 18.2 Å². The first-order valence-corrected chi connectivity index (χ1v) is 13.5. The number of aliphatic hydroxyl groups is 2. The van der Waals surface area contributed by atoms with Gasteiger partial charge in [-0.05, 0) is 53.5 Å². The fraction of sp³-hybridized carbons (Fsp3) is 0.481. The van der Waals surface area contributed by atoms with Crippen LogP contribution in [0.2, 0.25) is 0 Å². The number of carbonyl (C=O) groups excluding carboxylic acids is 2. The number of benzene rings is 2. The standard InChI is InChI=1S/C27H37O7P/c1-17-11-20(15-29)24(22(12-17)34-7)26(31)35(32,16-18(2)13-27(3,4)5)25(30)23-19(14-28)9-8-10-21(23)33-6/h8-12,18,28-29H,13-16H2,1-7H3. The molecule has 2 N–H and O–H groups in total. The van der Waals surface area contributed by atoms with Crippen LogP contribution in [0.4, 0.5) is 0 Å². The van der Waals surface area contributed by atoms with E-state index in [2.05, 4.69) is 0 Å². The van der Waals surface area contributed by atoms with Gasteiger partial charge in [0, 0.05) is 6.16 Å². The Kier molecular flexibility index (Phi) is 9.46. The molecule has 2 atom stereocenters. The molecular formula is C27H37O7P. The predicted molar refractivity (Wildman–Crippen MR) is 137 cm³/mol. The first-order chi connectivity index (χ1) is 16.3. The molecule has 2 unspecified atom stereocenters. The fourth-order valence-corrected chi connectivity index (χ4v) is 7.40. The molecule has 8 heteroatoms. The summed E-state index contributed by atoms with van der Waals surface area (Å²) in [7, 11) is -1.57. The summed E-state index contributed by atoms with van der Waals surface area (Å²) in [5.74, 6) is 0.0595. The number of hydrogen-bond acceptors (Lipinski definition) is 7. The van der Waals surface area contributed by atoms with Gasteiger partial charge < -0.3 is 24.3 Å². The fourth-order valence-electron chi connectivity index (χ4n) is 4.64. The monoisotopic (exact) mass is 504 g/mol. The van der Waals surface area contributed by atoms with Crippen molar-refractivity contribution in [2.45, 2.75) is 54.3 Å². The molecule has 0 aliphatic rings. The molecule has 0 aromatic heterocycles. The van der Waals surface area contributed by atoms with Crippen molar-refractivity contribution in [2.24, 2.45) is 11.3 Å². The molecule has 0 amide bonds. The van der Waals surface area contributed by atoms with Crippen LogP contribution in [0.25, 0.3) is 0 Å². The van der Waals surface area contributed by atoms with Gasteiger partial charge in [-0.15, -0.1) is 0 Å². The minimum Gasteiger partial charge on any atom is -0.496 e. The molecule has 2 aromatic rings. The average molecular weight is 505 g/mol. The highest BCUT2D eigenvalue weighted by Crippen LogP contribution is 2.57. The predicted octanol–water partition coefficient (Wildman–Crippen LogP) is 5.41. The van der Waals surface area contributed by atoms with Gasteiger partial charge in [-0.2, -0.15) is 0 Å². The summed E-state index contributed by atoms with van der Waals surface area (Å²) in [4.78, 5) is 28.1. The van der Waals surface area contributed by atoms with Gasteiger partial charge in [-0.3, -0.25) is 9.59 Å². The topological polar surface area (TPSA) is 110 Å². The van der Waals surface area contributed by atoms with Crippen molar-refractivity contribution in [3.63, 3.8) is 0 Å². The zero-order valence-corrected chi connectivity index (χ0v) is 22.6. The van der Waals surface area contributed by atoms with Gasteiger partial charge >= 0.3 is 0 Å². The van der Waals surface area contributed by atoms with Crippen LogP contribution in [0, 0.1) is 18.3 Å². The quantitative estimate of drug-likeness (QED) is 0.394. The van der Waals surface area contributed by atoms with Gasteiger partial charge in [0.1, 0.15) is 11.5 Å². The summed E-state index contributed by atoms with van der Waals surface area (Å²) in [6.07, 6.45) is 0.473. The van der Waals surface area contributed by atoms with Gasteiger partial charge in [0.05, 0.1) is 38.6 Å². The zero-order valence-electron chi connectivity index (χ0n) is 21.7. The van der Waals surface area contributed by atoms with Crippen molar-refractivity contribution in [3.05, 3.63) is 58.1 Å². The third-order valence-electron chi connectivity index (χ3n) is 5.83. The molecule has 0 saturated heterocycles. The van der Waals surface area contributed by atoms with Gasteiger partial charge in [-0.1, -0.05) is 45.9 Å². The van der Waals surface area contributed by atoms with E-state index in [0.29, 0.717) is 6.42 Å². The number of ether oxygens (including phenoxy) is 2. The van der Waals surface area contributed by atoms with E-state index in [1.807, 2.05) is 27.7 Å². The molecule has 0 fully saturated rings. The van der Waals surface area contributed by atoms with E-state index in [-0.39, 0.29) is 51.2 Å². The van der Waals surface area contributed by atoms with Crippen LogP contribution >= 0.6 is 7.14 Å². The van der Waals surface area contributed by atoms with Crippen molar-refractivity contribution in [3.8, 4) is 11.5 Å². The maximum atomic E-state index is 14.7. The Labute approximate surface area is 207 Å². The largest absolute Gasteiger partial charge is 0.496 e. The maximum Gasteiger partial charge on any atom is 0.233 e. The molecule has 2 aromatic carbocycles. The highest BCUT2D eigenvalue weighted by atomic mass is 31.2. The first kappa shape index (κ1) is 28.8. The van der Waals surface area contributed by atoms with Crippen LogP contribution in [-0.2, 0) is 17.8 Å². The van der Waals surface area contributed by atoms with Gasteiger partial charge in [0.15, 0.2) is 0 Å². The lowest BCUT2D eigenvalue weighted by molar-refractivity contribution is 0.103. The Hall–Kier alpha value is -2.47. The van der Waals surface area contributed by atoms with Crippen LogP contribution in [0.1, 0.15) is 71.5 Å². The highest BCUT2D eigenvalue weighted by molar-refractivity contribution is 7.95. The van der Waals surface area contributed by atoms with Gasteiger partial charge in [0.25, 0.3) is 0 Å². The number of aliphatic hydroxyl groups excluding tert-OH is 2. The molecule has 2 rings (SSSR count). The van der Waals surface area contributed by atoms with Gasteiger partial charge in [-0.25, -0.2) is 0 Å². The van der Waals surface area contributed by atoms with E-state index in [9.17, 15) is 24.4 Å².